The summed E-state index contributed by atoms with van der Waals surface area (Å²) in [4.78, 5) is 9.57. The lowest BCUT2D eigenvalue weighted by Gasteiger charge is -2.07. The van der Waals surface area contributed by atoms with Crippen LogP contribution in [0.2, 0.25) is 0 Å². The molecule has 3 nitrogen and oxygen atoms in total. The van der Waals surface area contributed by atoms with E-state index < -0.39 is 22.4 Å². The summed E-state index contributed by atoms with van der Waals surface area (Å²) in [5.41, 5.74) is -1.86. The van der Waals surface area contributed by atoms with Gasteiger partial charge in [-0.25, -0.2) is 0 Å². The summed E-state index contributed by atoms with van der Waals surface area (Å²) >= 11 is 5.43. The van der Waals surface area contributed by atoms with E-state index in [0.717, 1.165) is 6.07 Å². The van der Waals surface area contributed by atoms with Crippen LogP contribution in [0.15, 0.2) is 24.3 Å². The van der Waals surface area contributed by atoms with Crippen molar-refractivity contribution in [2.24, 2.45) is 0 Å². The highest BCUT2D eigenvalue weighted by molar-refractivity contribution is 6.17. The first kappa shape index (κ1) is 14.5. The van der Waals surface area contributed by atoms with Crippen LogP contribution in [-0.4, -0.2) is 10.8 Å². The largest absolute Gasteiger partial charge is 0.422 e. The van der Waals surface area contributed by atoms with Crippen LogP contribution in [0.1, 0.15) is 17.5 Å². The second-order valence-corrected chi connectivity index (χ2v) is 3.79. The van der Waals surface area contributed by atoms with Crippen molar-refractivity contribution < 1.29 is 18.1 Å². The van der Waals surface area contributed by atoms with E-state index >= 15 is 0 Å². The Hall–Kier alpha value is -1.56. The van der Waals surface area contributed by atoms with Crippen LogP contribution < -0.4 is 0 Å². The van der Waals surface area contributed by atoms with Gasteiger partial charge < -0.3 is 0 Å². The molecule has 1 aromatic carbocycles. The van der Waals surface area contributed by atoms with Crippen molar-refractivity contribution >= 4 is 23.4 Å². The second kappa shape index (κ2) is 5.86. The highest BCUT2D eigenvalue weighted by atomic mass is 35.5. The van der Waals surface area contributed by atoms with Gasteiger partial charge in [-0.1, -0.05) is 18.2 Å². The molecule has 98 valence electrons. The van der Waals surface area contributed by atoms with Crippen LogP contribution in [0.5, 0.6) is 0 Å². The Morgan fingerprint density at radius 2 is 2.06 bits per heavy atom. The van der Waals surface area contributed by atoms with Gasteiger partial charge in [-0.3, -0.25) is 10.1 Å². The Kier molecular flexibility index (Phi) is 4.72. The fraction of sp³-hybridized carbons (Fsp3) is 0.273. The molecule has 0 spiro atoms. The number of nitro groups is 1. The van der Waals surface area contributed by atoms with Gasteiger partial charge in [0, 0.05) is 11.9 Å². The van der Waals surface area contributed by atoms with Crippen LogP contribution in [0.4, 0.5) is 18.9 Å². The molecule has 0 aliphatic rings. The molecule has 0 amide bonds. The van der Waals surface area contributed by atoms with E-state index in [0.29, 0.717) is 23.9 Å². The Balaban J connectivity index is 3.16. The summed E-state index contributed by atoms with van der Waals surface area (Å²) in [5, 5.41) is 10.6. The highest BCUT2D eigenvalue weighted by Crippen LogP contribution is 2.36. The Morgan fingerprint density at radius 3 is 2.56 bits per heavy atom. The van der Waals surface area contributed by atoms with Crippen LogP contribution in [0.3, 0.4) is 0 Å². The molecule has 18 heavy (non-hydrogen) atoms. The molecule has 0 aliphatic heterocycles. The van der Waals surface area contributed by atoms with Crippen molar-refractivity contribution in [1.29, 1.82) is 0 Å². The molecule has 1 rings (SSSR count). The molecule has 0 unspecified atom stereocenters. The summed E-state index contributed by atoms with van der Waals surface area (Å²) in [7, 11) is 0. The van der Waals surface area contributed by atoms with Gasteiger partial charge in [0.05, 0.1) is 4.92 Å². The minimum atomic E-state index is -4.74. The Bertz CT molecular complexity index is 472. The Morgan fingerprint density at radius 1 is 1.39 bits per heavy atom. The SMILES string of the molecule is O=[N+]([O-])c1cc(C=CCCCl)ccc1C(F)(F)F. The maximum atomic E-state index is 12.5. The van der Waals surface area contributed by atoms with Crippen molar-refractivity contribution in [3.63, 3.8) is 0 Å². The summed E-state index contributed by atoms with van der Waals surface area (Å²) in [6.45, 7) is 0. The predicted octanol–water partition coefficient (Wildman–Crippen LogP) is 4.26. The molecule has 0 saturated carbocycles. The monoisotopic (exact) mass is 279 g/mol. The minimum Gasteiger partial charge on any atom is -0.258 e. The van der Waals surface area contributed by atoms with E-state index in [-0.39, 0.29) is 0 Å². The van der Waals surface area contributed by atoms with Crippen LogP contribution in [-0.2, 0) is 6.18 Å². The molecule has 0 N–H and O–H groups in total. The molecule has 7 heteroatoms. The van der Waals surface area contributed by atoms with Crippen molar-refractivity contribution in [1.82, 2.24) is 0 Å². The number of halogens is 4. The van der Waals surface area contributed by atoms with Gasteiger partial charge in [-0.05, 0) is 18.1 Å². The molecule has 0 radical (unpaired) electrons. The van der Waals surface area contributed by atoms with Gasteiger partial charge in [0.15, 0.2) is 0 Å². The lowest BCUT2D eigenvalue weighted by atomic mass is 10.1. The molecule has 0 saturated heterocycles. The number of nitrogens with zero attached hydrogens (tertiary/aromatic N) is 1. The number of rotatable bonds is 4. The molecule has 0 heterocycles. The van der Waals surface area contributed by atoms with Gasteiger partial charge in [0.2, 0.25) is 0 Å². The smallest absolute Gasteiger partial charge is 0.258 e. The third kappa shape index (κ3) is 3.73. The number of alkyl halides is 4. The van der Waals surface area contributed by atoms with Crippen molar-refractivity contribution in [2.45, 2.75) is 12.6 Å². The number of allylic oxidation sites excluding steroid dienone is 1. The summed E-state index contributed by atoms with van der Waals surface area (Å²) in [5.74, 6) is 0.374. The highest BCUT2D eigenvalue weighted by Gasteiger charge is 2.38. The molecule has 0 bridgehead atoms. The van der Waals surface area contributed by atoms with E-state index in [1.54, 1.807) is 6.08 Å². The third-order valence-electron chi connectivity index (χ3n) is 2.11. The van der Waals surface area contributed by atoms with Crippen LogP contribution >= 0.6 is 11.6 Å². The van der Waals surface area contributed by atoms with Crippen molar-refractivity contribution in [3.8, 4) is 0 Å². The fourth-order valence-corrected chi connectivity index (χ4v) is 1.45. The molecular formula is C11H9ClF3NO2. The van der Waals surface area contributed by atoms with E-state index in [1.165, 1.54) is 12.1 Å². The molecular weight excluding hydrogens is 271 g/mol. The predicted molar refractivity (Wildman–Crippen MR) is 62.5 cm³/mol. The first-order valence-electron chi connectivity index (χ1n) is 4.94. The van der Waals surface area contributed by atoms with Crippen LogP contribution in [0.25, 0.3) is 6.08 Å². The van der Waals surface area contributed by atoms with Gasteiger partial charge in [0.25, 0.3) is 5.69 Å². The van der Waals surface area contributed by atoms with Crippen molar-refractivity contribution in [2.75, 3.05) is 5.88 Å². The fourth-order valence-electron chi connectivity index (χ4n) is 1.33. The van der Waals surface area contributed by atoms with Gasteiger partial charge in [-0.15, -0.1) is 11.6 Å². The average molecular weight is 280 g/mol. The first-order chi connectivity index (χ1) is 8.36. The maximum Gasteiger partial charge on any atom is 0.422 e. The van der Waals surface area contributed by atoms with E-state index in [1.807, 2.05) is 0 Å². The molecule has 0 aliphatic carbocycles. The first-order valence-corrected chi connectivity index (χ1v) is 5.48. The average Bonchev–Trinajstić information content (AvgIpc) is 2.27. The normalized spacial score (nSPS) is 12.0. The molecule has 1 aromatic rings. The van der Waals surface area contributed by atoms with Gasteiger partial charge >= 0.3 is 6.18 Å². The topological polar surface area (TPSA) is 43.1 Å². The lowest BCUT2D eigenvalue weighted by Crippen LogP contribution is -2.08. The Labute approximate surface area is 106 Å². The standard InChI is InChI=1S/C11H9ClF3NO2/c12-6-2-1-3-8-4-5-9(11(13,14)15)10(7-8)16(17)18/h1,3-5,7H,2,6H2. The quantitative estimate of drug-likeness (QED) is 0.469. The van der Waals surface area contributed by atoms with E-state index in [9.17, 15) is 23.3 Å². The van der Waals surface area contributed by atoms with Gasteiger partial charge in [0.1, 0.15) is 5.56 Å². The molecule has 0 fully saturated rings. The maximum absolute atomic E-state index is 12.5. The lowest BCUT2D eigenvalue weighted by molar-refractivity contribution is -0.388. The zero-order chi connectivity index (χ0) is 13.8. The number of hydrogen-bond acceptors (Lipinski definition) is 2. The third-order valence-corrected chi connectivity index (χ3v) is 2.33. The van der Waals surface area contributed by atoms with E-state index in [4.69, 9.17) is 11.6 Å². The number of hydrogen-bond donors (Lipinski definition) is 0. The molecule has 0 aromatic heterocycles. The second-order valence-electron chi connectivity index (χ2n) is 3.41. The zero-order valence-corrected chi connectivity index (χ0v) is 9.83. The zero-order valence-electron chi connectivity index (χ0n) is 9.08. The van der Waals surface area contributed by atoms with Crippen LogP contribution in [0, 0.1) is 10.1 Å². The van der Waals surface area contributed by atoms with E-state index in [2.05, 4.69) is 0 Å². The summed E-state index contributed by atoms with van der Waals surface area (Å²) in [6.07, 6.45) is -1.06. The number of nitro benzene ring substituents is 1. The van der Waals surface area contributed by atoms with Crippen molar-refractivity contribution in [3.05, 3.63) is 45.5 Å². The minimum absolute atomic E-state index is 0.333. The van der Waals surface area contributed by atoms with Gasteiger partial charge in [-0.2, -0.15) is 13.2 Å². The summed E-state index contributed by atoms with van der Waals surface area (Å²) < 4.78 is 37.5. The summed E-state index contributed by atoms with van der Waals surface area (Å²) in [6, 6.07) is 2.78. The number of benzene rings is 1. The molecule has 0 atom stereocenters.